The van der Waals surface area contributed by atoms with Gasteiger partial charge in [-0.2, -0.15) is 0 Å². The maximum atomic E-state index is 12.2. The van der Waals surface area contributed by atoms with Gasteiger partial charge in [-0.25, -0.2) is 0 Å². The molecule has 0 spiro atoms. The van der Waals surface area contributed by atoms with Gasteiger partial charge >= 0.3 is 0 Å². The van der Waals surface area contributed by atoms with E-state index in [0.29, 0.717) is 17.9 Å². The molecule has 1 aromatic rings. The van der Waals surface area contributed by atoms with Crippen LogP contribution in [0.25, 0.3) is 0 Å². The smallest absolute Gasteiger partial charge is 0.182 e. The van der Waals surface area contributed by atoms with Crippen molar-refractivity contribution in [2.24, 2.45) is 0 Å². The van der Waals surface area contributed by atoms with Crippen LogP contribution in [-0.2, 0) is 0 Å². The first kappa shape index (κ1) is 13.2. The fraction of sp³-hybridized carbons (Fsp3) is 0.462. The predicted octanol–water partition coefficient (Wildman–Crippen LogP) is 3.75. The predicted molar refractivity (Wildman–Crippen MR) is 69.7 cm³/mol. The van der Waals surface area contributed by atoms with E-state index in [1.165, 1.54) is 0 Å². The lowest BCUT2D eigenvalue weighted by Crippen LogP contribution is -2.24. The second-order valence-corrected chi connectivity index (χ2v) is 6.22. The summed E-state index contributed by atoms with van der Waals surface area (Å²) in [5, 5.41) is 0. The highest BCUT2D eigenvalue weighted by Crippen LogP contribution is 2.28. The summed E-state index contributed by atoms with van der Waals surface area (Å²) in [5.74, 6) is 0.699. The third-order valence-electron chi connectivity index (χ3n) is 2.22. The van der Waals surface area contributed by atoms with E-state index in [0.717, 1.165) is 5.56 Å². The average molecular weight is 285 g/mol. The van der Waals surface area contributed by atoms with Gasteiger partial charge in [0.05, 0.1) is 16.5 Å². The highest BCUT2D eigenvalue weighted by atomic mass is 79.9. The zero-order valence-electron chi connectivity index (χ0n) is 10.1. The Kier molecular flexibility index (Phi) is 4.14. The maximum Gasteiger partial charge on any atom is 0.182 e. The van der Waals surface area contributed by atoms with Crippen molar-refractivity contribution in [1.82, 2.24) is 0 Å². The number of rotatable bonds is 4. The van der Waals surface area contributed by atoms with E-state index in [4.69, 9.17) is 4.74 Å². The van der Waals surface area contributed by atoms with Crippen LogP contribution in [0.3, 0.4) is 0 Å². The van der Waals surface area contributed by atoms with Gasteiger partial charge in [-0.3, -0.25) is 4.79 Å². The normalized spacial score (nSPS) is 11.3. The molecule has 0 bridgehead atoms. The number of ketones is 1. The molecule has 2 nitrogen and oxygen atoms in total. The minimum absolute atomic E-state index is 0.0413. The largest absolute Gasteiger partial charge is 0.493 e. The first-order valence-electron chi connectivity index (χ1n) is 5.33. The topological polar surface area (TPSA) is 26.3 Å². The van der Waals surface area contributed by atoms with E-state index < -0.39 is 4.32 Å². The molecule has 0 fully saturated rings. The number of carbonyl (C=O) groups excluding carboxylic acids is 1. The zero-order chi connectivity index (χ0) is 12.3. The first-order valence-corrected chi connectivity index (χ1v) is 6.12. The summed E-state index contributed by atoms with van der Waals surface area (Å²) in [6.45, 7) is 8.12. The van der Waals surface area contributed by atoms with E-state index in [-0.39, 0.29) is 5.78 Å². The minimum Gasteiger partial charge on any atom is -0.493 e. The molecule has 0 atom stereocenters. The Morgan fingerprint density at radius 1 is 1.44 bits per heavy atom. The molecule has 0 saturated carbocycles. The van der Waals surface area contributed by atoms with Crippen LogP contribution in [0.4, 0.5) is 0 Å². The van der Waals surface area contributed by atoms with Crippen LogP contribution < -0.4 is 4.74 Å². The van der Waals surface area contributed by atoms with E-state index in [9.17, 15) is 4.79 Å². The SMILES string of the molecule is CCOc1ccc(C)cc1C(=O)C(C)(C)Br. The third kappa shape index (κ3) is 3.08. The third-order valence-corrected chi connectivity index (χ3v) is 2.58. The molecule has 0 heterocycles. The minimum atomic E-state index is -0.563. The van der Waals surface area contributed by atoms with Crippen molar-refractivity contribution >= 4 is 21.7 Å². The van der Waals surface area contributed by atoms with Crippen molar-refractivity contribution in [1.29, 1.82) is 0 Å². The summed E-state index contributed by atoms with van der Waals surface area (Å²) < 4.78 is 4.90. The Morgan fingerprint density at radius 2 is 2.06 bits per heavy atom. The van der Waals surface area contributed by atoms with Gasteiger partial charge in [-0.15, -0.1) is 0 Å². The second kappa shape index (κ2) is 5.00. The van der Waals surface area contributed by atoms with Crippen molar-refractivity contribution in [3.05, 3.63) is 29.3 Å². The van der Waals surface area contributed by atoms with Crippen LogP contribution in [0.2, 0.25) is 0 Å². The van der Waals surface area contributed by atoms with Gasteiger partial charge in [0.1, 0.15) is 5.75 Å². The molecule has 0 aliphatic heterocycles. The van der Waals surface area contributed by atoms with Crippen LogP contribution in [0.5, 0.6) is 5.75 Å². The lowest BCUT2D eigenvalue weighted by molar-refractivity contribution is 0.0957. The Labute approximate surface area is 105 Å². The van der Waals surface area contributed by atoms with Crippen molar-refractivity contribution < 1.29 is 9.53 Å². The molecule has 0 unspecified atom stereocenters. The van der Waals surface area contributed by atoms with Crippen LogP contribution in [0, 0.1) is 6.92 Å². The molecular formula is C13H17BrO2. The molecule has 0 saturated heterocycles. The van der Waals surface area contributed by atoms with E-state index >= 15 is 0 Å². The molecule has 0 amide bonds. The highest BCUT2D eigenvalue weighted by Gasteiger charge is 2.27. The lowest BCUT2D eigenvalue weighted by Gasteiger charge is -2.17. The number of aryl methyl sites for hydroxylation is 1. The quantitative estimate of drug-likeness (QED) is 0.622. The van der Waals surface area contributed by atoms with E-state index in [2.05, 4.69) is 15.9 Å². The molecule has 16 heavy (non-hydrogen) atoms. The summed E-state index contributed by atoms with van der Waals surface area (Å²) in [6.07, 6.45) is 0. The van der Waals surface area contributed by atoms with Gasteiger partial charge in [-0.05, 0) is 39.8 Å². The van der Waals surface area contributed by atoms with E-state index in [1.54, 1.807) is 0 Å². The summed E-state index contributed by atoms with van der Waals surface area (Å²) in [7, 11) is 0. The summed E-state index contributed by atoms with van der Waals surface area (Å²) in [4.78, 5) is 12.2. The van der Waals surface area contributed by atoms with Crippen LogP contribution in [0.15, 0.2) is 18.2 Å². The van der Waals surface area contributed by atoms with Gasteiger partial charge in [0, 0.05) is 0 Å². The number of hydrogen-bond donors (Lipinski definition) is 0. The Bertz CT molecular complexity index is 391. The first-order chi connectivity index (χ1) is 7.36. The van der Waals surface area contributed by atoms with Crippen LogP contribution >= 0.6 is 15.9 Å². The van der Waals surface area contributed by atoms with Crippen molar-refractivity contribution in [3.8, 4) is 5.75 Å². The molecular weight excluding hydrogens is 268 g/mol. The molecule has 3 heteroatoms. The Hall–Kier alpha value is -0.830. The Balaban J connectivity index is 3.19. The fourth-order valence-electron chi connectivity index (χ4n) is 1.42. The number of hydrogen-bond acceptors (Lipinski definition) is 2. The Morgan fingerprint density at radius 3 is 2.56 bits per heavy atom. The molecule has 0 aliphatic carbocycles. The second-order valence-electron chi connectivity index (χ2n) is 4.23. The number of alkyl halides is 1. The van der Waals surface area contributed by atoms with Crippen molar-refractivity contribution in [3.63, 3.8) is 0 Å². The fourth-order valence-corrected chi connectivity index (χ4v) is 1.64. The van der Waals surface area contributed by atoms with Gasteiger partial charge in [-0.1, -0.05) is 27.6 Å². The molecule has 0 N–H and O–H groups in total. The molecule has 1 aromatic carbocycles. The lowest BCUT2D eigenvalue weighted by atomic mass is 9.98. The molecule has 0 radical (unpaired) electrons. The summed E-state index contributed by atoms with van der Waals surface area (Å²) >= 11 is 3.39. The monoisotopic (exact) mass is 284 g/mol. The summed E-state index contributed by atoms with van der Waals surface area (Å²) in [6, 6.07) is 5.67. The van der Waals surface area contributed by atoms with E-state index in [1.807, 2.05) is 45.9 Å². The zero-order valence-corrected chi connectivity index (χ0v) is 11.7. The number of halogens is 1. The van der Waals surface area contributed by atoms with Gasteiger partial charge in [0.2, 0.25) is 0 Å². The van der Waals surface area contributed by atoms with Gasteiger partial charge < -0.3 is 4.74 Å². The number of benzene rings is 1. The maximum absolute atomic E-state index is 12.2. The average Bonchev–Trinajstić information content (AvgIpc) is 2.18. The van der Waals surface area contributed by atoms with Gasteiger partial charge in [0.25, 0.3) is 0 Å². The van der Waals surface area contributed by atoms with Gasteiger partial charge in [0.15, 0.2) is 5.78 Å². The molecule has 88 valence electrons. The van der Waals surface area contributed by atoms with Crippen LogP contribution in [-0.4, -0.2) is 16.7 Å². The molecule has 0 aromatic heterocycles. The standard InChI is InChI=1S/C13H17BrO2/c1-5-16-11-7-6-9(2)8-10(11)12(15)13(3,4)14/h6-8H,5H2,1-4H3. The number of Topliss-reactive ketones (excluding diaryl/α,β-unsaturated/α-hetero) is 1. The number of ether oxygens (including phenoxy) is 1. The van der Waals surface area contributed by atoms with Crippen molar-refractivity contribution in [2.75, 3.05) is 6.61 Å². The molecule has 1 rings (SSSR count). The number of carbonyl (C=O) groups is 1. The molecule has 0 aliphatic rings. The highest BCUT2D eigenvalue weighted by molar-refractivity contribution is 9.10. The van der Waals surface area contributed by atoms with Crippen LogP contribution in [0.1, 0.15) is 36.7 Å². The van der Waals surface area contributed by atoms with Crippen molar-refractivity contribution in [2.45, 2.75) is 32.0 Å². The summed E-state index contributed by atoms with van der Waals surface area (Å²) in [5.41, 5.74) is 1.70.